The molecule has 132 valence electrons. The van der Waals surface area contributed by atoms with Gasteiger partial charge in [-0.25, -0.2) is 9.36 Å². The van der Waals surface area contributed by atoms with Crippen molar-refractivity contribution in [1.82, 2.24) is 9.13 Å². The van der Waals surface area contributed by atoms with Gasteiger partial charge in [-0.1, -0.05) is 0 Å². The summed E-state index contributed by atoms with van der Waals surface area (Å²) in [7, 11) is 0. The van der Waals surface area contributed by atoms with E-state index in [4.69, 9.17) is 0 Å². The number of aromatic hydroxyl groups is 1. The maximum atomic E-state index is 13.1. The summed E-state index contributed by atoms with van der Waals surface area (Å²) in [6.45, 7) is 0. The Morgan fingerprint density at radius 1 is 1.28 bits per heavy atom. The third kappa shape index (κ3) is 2.09. The predicted molar refractivity (Wildman–Crippen MR) is 79.0 cm³/mol. The minimum Gasteiger partial charge on any atom is -0.493 e. The van der Waals surface area contributed by atoms with Crippen molar-refractivity contribution in [1.29, 1.82) is 0 Å². The maximum absolute atomic E-state index is 13.1. The van der Waals surface area contributed by atoms with Gasteiger partial charge in [0.1, 0.15) is 5.56 Å². The zero-order chi connectivity index (χ0) is 18.1. The van der Waals surface area contributed by atoms with Crippen molar-refractivity contribution in [3.05, 3.63) is 50.1 Å². The van der Waals surface area contributed by atoms with Gasteiger partial charge in [-0.05, 0) is 31.4 Å². The Labute approximate surface area is 138 Å². The molecule has 10 heteroatoms. The van der Waals surface area contributed by atoms with Crippen LogP contribution in [0.2, 0.25) is 0 Å². The van der Waals surface area contributed by atoms with Crippen molar-refractivity contribution in [2.24, 2.45) is 0 Å². The second-order valence-corrected chi connectivity index (χ2v) is 6.32. The molecular formula is C15H12F3N3O4. The molecule has 1 aromatic heterocycles. The van der Waals surface area contributed by atoms with Gasteiger partial charge in [0, 0.05) is 18.0 Å². The van der Waals surface area contributed by atoms with E-state index in [1.54, 1.807) is 0 Å². The van der Waals surface area contributed by atoms with Crippen molar-refractivity contribution >= 4 is 5.69 Å². The van der Waals surface area contributed by atoms with Crippen molar-refractivity contribution in [3.8, 4) is 11.6 Å². The first kappa shape index (κ1) is 15.7. The number of hydrogen-bond donors (Lipinski definition) is 1. The average molecular weight is 355 g/mol. The zero-order valence-electron chi connectivity index (χ0n) is 12.7. The number of imidazole rings is 1. The number of hydrogen-bond acceptors (Lipinski definition) is 4. The Morgan fingerprint density at radius 2 is 2.00 bits per heavy atom. The van der Waals surface area contributed by atoms with E-state index < -0.39 is 28.0 Å². The molecule has 0 unspecified atom stereocenters. The molecule has 1 saturated carbocycles. The lowest BCUT2D eigenvalue weighted by molar-refractivity contribution is -0.388. The summed E-state index contributed by atoms with van der Waals surface area (Å²) in [5.41, 5.74) is -3.00. The number of benzene rings is 1. The summed E-state index contributed by atoms with van der Waals surface area (Å²) in [6, 6.07) is 2.20. The minimum atomic E-state index is -4.96. The molecule has 25 heavy (non-hydrogen) atoms. The molecule has 0 spiro atoms. The van der Waals surface area contributed by atoms with Crippen LogP contribution in [0.3, 0.4) is 0 Å². The Balaban J connectivity index is 1.93. The molecule has 2 aliphatic rings. The minimum absolute atomic E-state index is 0.0130. The van der Waals surface area contributed by atoms with E-state index in [1.807, 2.05) is 0 Å². The Hall–Kier alpha value is -2.78. The number of halogens is 3. The summed E-state index contributed by atoms with van der Waals surface area (Å²) in [5.74, 6) is -0.377. The highest BCUT2D eigenvalue weighted by molar-refractivity contribution is 5.52. The SMILES string of the molecule is O=c1n(-c2ccc([N+](=O)[O-])c(C(F)(F)F)c2)c(O)c2n1[C@@H]1CC[C@H]2C1. The van der Waals surface area contributed by atoms with Crippen LogP contribution in [0, 0.1) is 10.1 Å². The first-order valence-electron chi connectivity index (χ1n) is 7.62. The topological polar surface area (TPSA) is 90.3 Å². The number of nitro groups is 1. The quantitative estimate of drug-likeness (QED) is 0.662. The lowest BCUT2D eigenvalue weighted by atomic mass is 10.1. The predicted octanol–water partition coefficient (Wildman–Crippen LogP) is 3.09. The zero-order valence-corrected chi connectivity index (χ0v) is 12.7. The number of rotatable bonds is 2. The van der Waals surface area contributed by atoms with Gasteiger partial charge < -0.3 is 5.11 Å². The molecular weight excluding hydrogens is 343 g/mol. The van der Waals surface area contributed by atoms with E-state index in [0.29, 0.717) is 17.8 Å². The smallest absolute Gasteiger partial charge is 0.423 e. The summed E-state index contributed by atoms with van der Waals surface area (Å²) in [4.78, 5) is 22.3. The van der Waals surface area contributed by atoms with Crippen LogP contribution in [-0.2, 0) is 6.18 Å². The van der Waals surface area contributed by atoms with E-state index in [0.717, 1.165) is 29.9 Å². The fraction of sp³-hybridized carbons (Fsp3) is 0.400. The molecule has 2 heterocycles. The van der Waals surface area contributed by atoms with Crippen molar-refractivity contribution in [2.75, 3.05) is 0 Å². The molecule has 0 saturated heterocycles. The van der Waals surface area contributed by atoms with Crippen LogP contribution in [-0.4, -0.2) is 19.2 Å². The van der Waals surface area contributed by atoms with Crippen LogP contribution in [0.4, 0.5) is 18.9 Å². The Bertz CT molecular complexity index is 960. The van der Waals surface area contributed by atoms with Gasteiger partial charge in [-0.3, -0.25) is 14.7 Å². The maximum Gasteiger partial charge on any atom is 0.423 e. The molecule has 1 aliphatic carbocycles. The molecule has 1 N–H and O–H groups in total. The lowest BCUT2D eigenvalue weighted by Crippen LogP contribution is -2.25. The fourth-order valence-electron chi connectivity index (χ4n) is 3.98. The highest BCUT2D eigenvalue weighted by atomic mass is 19.4. The standard InChI is InChI=1S/C15H12F3N3O4/c16-15(17,18)10-6-9(3-4-11(10)21(24)25)20-13(22)12-7-1-2-8(5-7)19(12)14(20)23/h3-4,6-8,22H,1-2,5H2/t7-,8+/m0/s1. The lowest BCUT2D eigenvalue weighted by Gasteiger charge is -2.11. The number of alkyl halides is 3. The summed E-state index contributed by atoms with van der Waals surface area (Å²) in [5, 5.41) is 21.2. The van der Waals surface area contributed by atoms with E-state index in [9.17, 15) is 33.2 Å². The van der Waals surface area contributed by atoms with E-state index in [2.05, 4.69) is 0 Å². The molecule has 2 aromatic rings. The van der Waals surface area contributed by atoms with Crippen LogP contribution >= 0.6 is 0 Å². The fourth-order valence-corrected chi connectivity index (χ4v) is 3.98. The number of aromatic nitrogens is 2. The van der Waals surface area contributed by atoms with Crippen molar-refractivity contribution in [2.45, 2.75) is 37.4 Å². The molecule has 0 radical (unpaired) electrons. The molecule has 2 atom stereocenters. The van der Waals surface area contributed by atoms with E-state index in [1.165, 1.54) is 4.57 Å². The van der Waals surface area contributed by atoms with Gasteiger partial charge >= 0.3 is 11.9 Å². The van der Waals surface area contributed by atoms with Crippen LogP contribution < -0.4 is 5.69 Å². The van der Waals surface area contributed by atoms with Gasteiger partial charge in [0.25, 0.3) is 5.69 Å². The van der Waals surface area contributed by atoms with Crippen LogP contribution in [0.1, 0.15) is 42.5 Å². The van der Waals surface area contributed by atoms with Gasteiger partial charge in [-0.15, -0.1) is 0 Å². The van der Waals surface area contributed by atoms with E-state index >= 15 is 0 Å². The largest absolute Gasteiger partial charge is 0.493 e. The van der Waals surface area contributed by atoms with Crippen LogP contribution in [0.5, 0.6) is 5.88 Å². The van der Waals surface area contributed by atoms with Crippen LogP contribution in [0.15, 0.2) is 23.0 Å². The van der Waals surface area contributed by atoms with E-state index in [-0.39, 0.29) is 23.5 Å². The van der Waals surface area contributed by atoms with Crippen LogP contribution in [0.25, 0.3) is 5.69 Å². The Kier molecular flexibility index (Phi) is 3.06. The first-order valence-corrected chi connectivity index (χ1v) is 7.62. The summed E-state index contributed by atoms with van der Waals surface area (Å²) < 4.78 is 41.6. The van der Waals surface area contributed by atoms with Gasteiger partial charge in [-0.2, -0.15) is 13.2 Å². The third-order valence-electron chi connectivity index (χ3n) is 5.00. The van der Waals surface area contributed by atoms with Crippen molar-refractivity contribution < 1.29 is 23.2 Å². The molecule has 1 aliphatic heterocycles. The molecule has 1 aromatic carbocycles. The highest BCUT2D eigenvalue weighted by Gasteiger charge is 2.43. The highest BCUT2D eigenvalue weighted by Crippen LogP contribution is 2.51. The van der Waals surface area contributed by atoms with Gasteiger partial charge in [0.15, 0.2) is 0 Å². The number of nitrogens with zero attached hydrogens (tertiary/aromatic N) is 3. The molecule has 1 fully saturated rings. The molecule has 4 rings (SSSR count). The monoisotopic (exact) mass is 355 g/mol. The third-order valence-corrected chi connectivity index (χ3v) is 5.00. The van der Waals surface area contributed by atoms with Gasteiger partial charge in [0.05, 0.1) is 16.3 Å². The summed E-state index contributed by atoms with van der Waals surface area (Å²) >= 11 is 0. The Morgan fingerprint density at radius 3 is 2.60 bits per heavy atom. The second kappa shape index (κ2) is 4.87. The normalized spacial score (nSPS) is 21.6. The van der Waals surface area contributed by atoms with Gasteiger partial charge in [0.2, 0.25) is 5.88 Å². The molecule has 2 bridgehead atoms. The molecule has 7 nitrogen and oxygen atoms in total. The summed E-state index contributed by atoms with van der Waals surface area (Å²) in [6.07, 6.45) is -2.61. The number of fused-ring (bicyclic) bond motifs is 5. The number of nitro benzene ring substituents is 1. The molecule has 0 amide bonds. The first-order chi connectivity index (χ1) is 11.7. The average Bonchev–Trinajstić information content (AvgIpc) is 3.20. The van der Waals surface area contributed by atoms with Crippen molar-refractivity contribution in [3.63, 3.8) is 0 Å². The second-order valence-electron chi connectivity index (χ2n) is 6.32.